The van der Waals surface area contributed by atoms with Crippen molar-refractivity contribution in [3.05, 3.63) is 28.8 Å². The Bertz CT molecular complexity index is 348. The number of nitrogens with zero attached hydrogens (tertiary/aromatic N) is 1. The molecule has 0 spiro atoms. The van der Waals surface area contributed by atoms with E-state index >= 15 is 0 Å². The maximum absolute atomic E-state index is 5.86. The molecule has 1 aromatic carbocycles. The fourth-order valence-electron chi connectivity index (χ4n) is 1.03. The number of aryl methyl sites for hydroxylation is 1. The van der Waals surface area contributed by atoms with Gasteiger partial charge in [-0.2, -0.15) is 0 Å². The molecule has 0 unspecified atom stereocenters. The monoisotopic (exact) mass is 209 g/mol. The minimum Gasteiger partial charge on any atom is -0.260 e. The Labute approximate surface area is 90.8 Å². The summed E-state index contributed by atoms with van der Waals surface area (Å²) in [5, 5.41) is 0.761. The molecule has 0 aliphatic rings. The summed E-state index contributed by atoms with van der Waals surface area (Å²) in [6.07, 6.45) is 1.96. The summed E-state index contributed by atoms with van der Waals surface area (Å²) in [6.45, 7) is 8.40. The van der Waals surface area contributed by atoms with Gasteiger partial charge in [-0.15, -0.1) is 0 Å². The van der Waals surface area contributed by atoms with Crippen molar-refractivity contribution in [3.8, 4) is 0 Å². The van der Waals surface area contributed by atoms with E-state index in [1.807, 2.05) is 31.3 Å². The van der Waals surface area contributed by atoms with Crippen molar-refractivity contribution < 1.29 is 0 Å². The van der Waals surface area contributed by atoms with Crippen LogP contribution in [-0.4, -0.2) is 6.21 Å². The highest BCUT2D eigenvalue weighted by atomic mass is 35.5. The molecule has 0 saturated heterocycles. The van der Waals surface area contributed by atoms with Gasteiger partial charge in [-0.3, -0.25) is 4.99 Å². The fourth-order valence-corrected chi connectivity index (χ4v) is 1.25. The van der Waals surface area contributed by atoms with E-state index in [2.05, 4.69) is 25.8 Å². The molecule has 0 fully saturated rings. The number of rotatable bonds is 1. The lowest BCUT2D eigenvalue weighted by Crippen LogP contribution is -2.05. The maximum atomic E-state index is 5.86. The van der Waals surface area contributed by atoms with Crippen molar-refractivity contribution in [1.29, 1.82) is 0 Å². The highest BCUT2D eigenvalue weighted by molar-refractivity contribution is 6.30. The van der Waals surface area contributed by atoms with E-state index < -0.39 is 0 Å². The summed E-state index contributed by atoms with van der Waals surface area (Å²) in [7, 11) is 0. The van der Waals surface area contributed by atoms with Crippen LogP contribution in [0.5, 0.6) is 0 Å². The van der Waals surface area contributed by atoms with E-state index in [1.54, 1.807) is 0 Å². The lowest BCUT2D eigenvalue weighted by atomic mass is 9.99. The standard InChI is InChI=1S/C12H16ClN/c1-9-7-10(13)5-6-11(9)14-8-12(2,3)4/h5-8H,1-4H3. The third-order valence-corrected chi connectivity index (χ3v) is 1.98. The number of halogens is 1. The molecule has 0 radical (unpaired) electrons. The first kappa shape index (κ1) is 11.3. The number of benzene rings is 1. The van der Waals surface area contributed by atoms with Gasteiger partial charge in [0.05, 0.1) is 5.69 Å². The van der Waals surface area contributed by atoms with Gasteiger partial charge in [0.1, 0.15) is 0 Å². The molecule has 0 saturated carbocycles. The van der Waals surface area contributed by atoms with Gasteiger partial charge >= 0.3 is 0 Å². The van der Waals surface area contributed by atoms with E-state index in [4.69, 9.17) is 11.6 Å². The van der Waals surface area contributed by atoms with Crippen LogP contribution in [0, 0.1) is 12.3 Å². The Morgan fingerprint density at radius 3 is 2.43 bits per heavy atom. The fraction of sp³-hybridized carbons (Fsp3) is 0.417. The van der Waals surface area contributed by atoms with E-state index in [0.717, 1.165) is 16.3 Å². The Kier molecular flexibility index (Phi) is 3.33. The summed E-state index contributed by atoms with van der Waals surface area (Å²) in [5.74, 6) is 0. The third-order valence-electron chi connectivity index (χ3n) is 1.75. The lowest BCUT2D eigenvalue weighted by Gasteiger charge is -2.10. The molecule has 0 atom stereocenters. The van der Waals surface area contributed by atoms with Crippen LogP contribution in [0.2, 0.25) is 5.02 Å². The van der Waals surface area contributed by atoms with Crippen LogP contribution in [0.15, 0.2) is 23.2 Å². The second-order valence-electron chi connectivity index (χ2n) is 4.56. The first-order valence-electron chi connectivity index (χ1n) is 4.70. The predicted molar refractivity (Wildman–Crippen MR) is 63.8 cm³/mol. The van der Waals surface area contributed by atoms with Crippen molar-refractivity contribution >= 4 is 23.5 Å². The smallest absolute Gasteiger partial charge is 0.0656 e. The largest absolute Gasteiger partial charge is 0.260 e. The Morgan fingerprint density at radius 1 is 1.29 bits per heavy atom. The summed E-state index contributed by atoms with van der Waals surface area (Å²) in [4.78, 5) is 4.43. The Morgan fingerprint density at radius 2 is 1.93 bits per heavy atom. The van der Waals surface area contributed by atoms with Gasteiger partial charge < -0.3 is 0 Å². The van der Waals surface area contributed by atoms with Crippen molar-refractivity contribution in [2.24, 2.45) is 10.4 Å². The second kappa shape index (κ2) is 4.14. The van der Waals surface area contributed by atoms with Gasteiger partial charge in [0.25, 0.3) is 0 Å². The van der Waals surface area contributed by atoms with Crippen molar-refractivity contribution in [1.82, 2.24) is 0 Å². The second-order valence-corrected chi connectivity index (χ2v) is 4.99. The molecule has 0 amide bonds. The summed E-state index contributed by atoms with van der Waals surface area (Å²) in [6, 6.07) is 5.74. The van der Waals surface area contributed by atoms with Crippen molar-refractivity contribution in [3.63, 3.8) is 0 Å². The molecule has 0 aromatic heterocycles. The minimum absolute atomic E-state index is 0.117. The minimum atomic E-state index is 0.117. The van der Waals surface area contributed by atoms with Crippen LogP contribution in [-0.2, 0) is 0 Å². The zero-order valence-electron chi connectivity index (χ0n) is 9.13. The van der Waals surface area contributed by atoms with Crippen LogP contribution in [0.25, 0.3) is 0 Å². The maximum Gasteiger partial charge on any atom is 0.0656 e. The molecular formula is C12H16ClN. The van der Waals surface area contributed by atoms with E-state index in [9.17, 15) is 0 Å². The first-order chi connectivity index (χ1) is 6.38. The molecule has 14 heavy (non-hydrogen) atoms. The number of hydrogen-bond donors (Lipinski definition) is 0. The van der Waals surface area contributed by atoms with E-state index in [1.165, 1.54) is 0 Å². The zero-order chi connectivity index (χ0) is 10.8. The van der Waals surface area contributed by atoms with Crippen LogP contribution in [0.1, 0.15) is 26.3 Å². The van der Waals surface area contributed by atoms with Gasteiger partial charge in [0, 0.05) is 11.2 Å². The predicted octanol–water partition coefficient (Wildman–Crippen LogP) is 4.40. The van der Waals surface area contributed by atoms with Crippen LogP contribution >= 0.6 is 11.6 Å². The Balaban J connectivity index is 2.93. The molecule has 1 aromatic rings. The molecule has 2 heteroatoms. The molecule has 0 aliphatic carbocycles. The van der Waals surface area contributed by atoms with Crippen LogP contribution in [0.4, 0.5) is 5.69 Å². The number of aliphatic imine (C=N–C) groups is 1. The third kappa shape index (κ3) is 3.51. The van der Waals surface area contributed by atoms with Crippen molar-refractivity contribution in [2.45, 2.75) is 27.7 Å². The molecule has 0 heterocycles. The van der Waals surface area contributed by atoms with Crippen LogP contribution in [0.3, 0.4) is 0 Å². The molecule has 0 aliphatic heterocycles. The molecule has 76 valence electrons. The normalized spacial score (nSPS) is 12.4. The number of hydrogen-bond acceptors (Lipinski definition) is 1. The average molecular weight is 210 g/mol. The van der Waals surface area contributed by atoms with E-state index in [0.29, 0.717) is 0 Å². The highest BCUT2D eigenvalue weighted by Gasteiger charge is 2.05. The van der Waals surface area contributed by atoms with Gasteiger partial charge in [0.2, 0.25) is 0 Å². The molecule has 0 N–H and O–H groups in total. The first-order valence-corrected chi connectivity index (χ1v) is 5.08. The van der Waals surface area contributed by atoms with Crippen molar-refractivity contribution in [2.75, 3.05) is 0 Å². The zero-order valence-corrected chi connectivity index (χ0v) is 9.89. The van der Waals surface area contributed by atoms with Crippen LogP contribution < -0.4 is 0 Å². The van der Waals surface area contributed by atoms with E-state index in [-0.39, 0.29) is 5.41 Å². The van der Waals surface area contributed by atoms with Gasteiger partial charge in [0.15, 0.2) is 0 Å². The van der Waals surface area contributed by atoms with Gasteiger partial charge in [-0.05, 0) is 36.1 Å². The molecule has 1 rings (SSSR count). The highest BCUT2D eigenvalue weighted by Crippen LogP contribution is 2.23. The van der Waals surface area contributed by atoms with Gasteiger partial charge in [-0.25, -0.2) is 0 Å². The Hall–Kier alpha value is -0.820. The summed E-state index contributed by atoms with van der Waals surface area (Å²) < 4.78 is 0. The quantitative estimate of drug-likeness (QED) is 0.608. The topological polar surface area (TPSA) is 12.4 Å². The van der Waals surface area contributed by atoms with Gasteiger partial charge in [-0.1, -0.05) is 32.4 Å². The molecular weight excluding hydrogens is 194 g/mol. The lowest BCUT2D eigenvalue weighted by molar-refractivity contribution is 0.607. The SMILES string of the molecule is Cc1cc(Cl)ccc1N=CC(C)(C)C. The average Bonchev–Trinajstić information content (AvgIpc) is 2.00. The molecule has 1 nitrogen and oxygen atoms in total. The molecule has 0 bridgehead atoms. The summed E-state index contributed by atoms with van der Waals surface area (Å²) >= 11 is 5.86. The summed E-state index contributed by atoms with van der Waals surface area (Å²) in [5.41, 5.74) is 2.22.